The zero-order valence-electron chi connectivity index (χ0n) is 7.20. The monoisotopic (exact) mass is 214 g/mol. The first kappa shape index (κ1) is 29.5. The minimum atomic E-state index is -4.64. The maximum atomic E-state index is 8.88. The van der Waals surface area contributed by atoms with Crippen molar-refractivity contribution in [2.75, 3.05) is 0 Å². The first-order valence-corrected chi connectivity index (χ1v) is 2.35. The van der Waals surface area contributed by atoms with Crippen LogP contribution in [-0.2, 0) is 4.57 Å². The van der Waals surface area contributed by atoms with Crippen LogP contribution in [0.3, 0.4) is 0 Å². The molecule has 0 atom stereocenters. The molecular formula is H9K2O6P. The molecule has 0 saturated heterocycles. The third-order valence-corrected chi connectivity index (χ3v) is 0. The summed E-state index contributed by atoms with van der Waals surface area (Å²) in [6.07, 6.45) is 0. The van der Waals surface area contributed by atoms with E-state index >= 15 is 0 Å². The minimum Gasteiger partial charge on any atom is -1.00 e. The van der Waals surface area contributed by atoms with E-state index in [1.807, 2.05) is 0 Å². The number of hydrogen-bond acceptors (Lipinski definition) is 1. The van der Waals surface area contributed by atoms with E-state index < -0.39 is 7.82 Å². The second kappa shape index (κ2) is 13.9. The van der Waals surface area contributed by atoms with Crippen molar-refractivity contribution in [3.8, 4) is 0 Å². The van der Waals surface area contributed by atoms with Crippen molar-refractivity contribution in [3.05, 3.63) is 0 Å². The SMILES string of the molecule is O.O.O=P(O)(O)O.[H-].[H-].[K+].[K+]. The number of phosphoric acid groups is 1. The molecule has 9 heavy (non-hydrogen) atoms. The molecule has 0 aliphatic rings. The molecule has 0 bridgehead atoms. The Labute approximate surface area is 140 Å². The van der Waals surface area contributed by atoms with Gasteiger partial charge in [-0.1, -0.05) is 0 Å². The second-order valence-corrected chi connectivity index (χ2v) is 1.54. The first-order chi connectivity index (χ1) is 2.00. The molecule has 9 heteroatoms. The molecule has 0 heterocycles. The Balaban J connectivity index is -0.00000000533. The number of hydrogen-bond donors (Lipinski definition) is 3. The molecule has 0 unspecified atom stereocenters. The van der Waals surface area contributed by atoms with E-state index in [4.69, 9.17) is 19.2 Å². The molecule has 0 aliphatic heterocycles. The van der Waals surface area contributed by atoms with E-state index in [9.17, 15) is 0 Å². The zero-order chi connectivity index (χ0) is 4.50. The molecule has 0 aromatic rings. The van der Waals surface area contributed by atoms with Gasteiger partial charge < -0.3 is 28.5 Å². The van der Waals surface area contributed by atoms with Gasteiger partial charge in [0.1, 0.15) is 0 Å². The van der Waals surface area contributed by atoms with Crippen LogP contribution in [0, 0.1) is 0 Å². The van der Waals surface area contributed by atoms with Crippen molar-refractivity contribution in [2.24, 2.45) is 0 Å². The molecule has 0 fully saturated rings. The van der Waals surface area contributed by atoms with Crippen molar-refractivity contribution < 1.29 is 136 Å². The van der Waals surface area contributed by atoms with Crippen LogP contribution in [0.2, 0.25) is 0 Å². The zero-order valence-corrected chi connectivity index (χ0v) is 12.3. The van der Waals surface area contributed by atoms with Gasteiger partial charge in [0.15, 0.2) is 0 Å². The molecule has 0 aliphatic carbocycles. The van der Waals surface area contributed by atoms with Gasteiger partial charge >= 0.3 is 111 Å². The van der Waals surface area contributed by atoms with E-state index in [0.29, 0.717) is 0 Å². The molecule has 0 spiro atoms. The van der Waals surface area contributed by atoms with Crippen LogP contribution in [0.1, 0.15) is 2.85 Å². The first-order valence-electron chi connectivity index (χ1n) is 0.783. The van der Waals surface area contributed by atoms with Gasteiger partial charge in [0.25, 0.3) is 0 Å². The summed E-state index contributed by atoms with van der Waals surface area (Å²) in [4.78, 5) is 21.6. The van der Waals surface area contributed by atoms with Gasteiger partial charge in [-0.3, -0.25) is 0 Å². The fourth-order valence-electron chi connectivity index (χ4n) is 0. The van der Waals surface area contributed by atoms with Crippen molar-refractivity contribution >= 4 is 7.82 Å². The molecule has 0 radical (unpaired) electrons. The Hall–Kier alpha value is 3.30. The van der Waals surface area contributed by atoms with E-state index in [2.05, 4.69) is 0 Å². The molecule has 7 N–H and O–H groups in total. The summed E-state index contributed by atoms with van der Waals surface area (Å²) in [5, 5.41) is 0. The Morgan fingerprint density at radius 2 is 1.00 bits per heavy atom. The van der Waals surface area contributed by atoms with E-state index in [1.54, 1.807) is 0 Å². The average molecular weight is 214 g/mol. The van der Waals surface area contributed by atoms with Crippen LogP contribution in [0.15, 0.2) is 0 Å². The summed E-state index contributed by atoms with van der Waals surface area (Å²) in [6.45, 7) is 0. The molecule has 0 rings (SSSR count). The summed E-state index contributed by atoms with van der Waals surface area (Å²) >= 11 is 0. The Morgan fingerprint density at radius 3 is 1.00 bits per heavy atom. The summed E-state index contributed by atoms with van der Waals surface area (Å²) in [5.41, 5.74) is 0. The Kier molecular flexibility index (Phi) is 45.4. The van der Waals surface area contributed by atoms with Crippen LogP contribution in [0.25, 0.3) is 0 Å². The Morgan fingerprint density at radius 1 is 1.00 bits per heavy atom. The normalized spacial score (nSPS) is 6.56. The van der Waals surface area contributed by atoms with Crippen molar-refractivity contribution in [2.45, 2.75) is 0 Å². The molecule has 0 aromatic heterocycles. The smallest absolute Gasteiger partial charge is 1.00 e. The van der Waals surface area contributed by atoms with Crippen LogP contribution in [0.4, 0.5) is 0 Å². The van der Waals surface area contributed by atoms with Gasteiger partial charge in [-0.2, -0.15) is 0 Å². The van der Waals surface area contributed by atoms with Crippen molar-refractivity contribution in [3.63, 3.8) is 0 Å². The fraction of sp³-hybridized carbons (Fsp3) is 0. The molecule has 0 amide bonds. The standard InChI is InChI=1S/2K.H3O4P.2H2O.2H/c;;1-5(2,3)4;;;;/h;;(H3,1,2,3,4);2*1H2;;/q2*+1;;;;2*-1. The van der Waals surface area contributed by atoms with Crippen LogP contribution >= 0.6 is 7.82 Å². The molecule has 0 aromatic carbocycles. The maximum Gasteiger partial charge on any atom is 1.00 e. The molecule has 0 saturated carbocycles. The van der Waals surface area contributed by atoms with Gasteiger partial charge in [0, 0.05) is 0 Å². The maximum absolute atomic E-state index is 8.88. The second-order valence-electron chi connectivity index (χ2n) is 0.513. The quantitative estimate of drug-likeness (QED) is 0.272. The van der Waals surface area contributed by atoms with Gasteiger partial charge in [-0.25, -0.2) is 4.57 Å². The molecule has 52 valence electrons. The molecule has 6 nitrogen and oxygen atoms in total. The van der Waals surface area contributed by atoms with E-state index in [1.165, 1.54) is 0 Å². The minimum absolute atomic E-state index is 0. The van der Waals surface area contributed by atoms with Crippen LogP contribution in [0.5, 0.6) is 0 Å². The van der Waals surface area contributed by atoms with Crippen molar-refractivity contribution in [1.29, 1.82) is 0 Å². The fourth-order valence-corrected chi connectivity index (χ4v) is 0. The van der Waals surface area contributed by atoms with Crippen LogP contribution in [-0.4, -0.2) is 25.6 Å². The summed E-state index contributed by atoms with van der Waals surface area (Å²) in [6, 6.07) is 0. The van der Waals surface area contributed by atoms with Gasteiger partial charge in [-0.15, -0.1) is 0 Å². The van der Waals surface area contributed by atoms with Gasteiger partial charge in [0.05, 0.1) is 0 Å². The average Bonchev–Trinajstić information content (AvgIpc) is 0.722. The summed E-state index contributed by atoms with van der Waals surface area (Å²) < 4.78 is 8.88. The predicted molar refractivity (Wildman–Crippen MR) is 23.7 cm³/mol. The van der Waals surface area contributed by atoms with Gasteiger partial charge in [0.2, 0.25) is 0 Å². The third kappa shape index (κ3) is 89.7. The van der Waals surface area contributed by atoms with Gasteiger partial charge in [-0.05, 0) is 0 Å². The summed E-state index contributed by atoms with van der Waals surface area (Å²) in [5.74, 6) is 0. The van der Waals surface area contributed by atoms with E-state index in [0.717, 1.165) is 0 Å². The van der Waals surface area contributed by atoms with E-state index in [-0.39, 0.29) is 117 Å². The summed E-state index contributed by atoms with van der Waals surface area (Å²) in [7, 11) is -4.64. The predicted octanol–water partition coefficient (Wildman–Crippen LogP) is -8.34. The largest absolute Gasteiger partial charge is 1.00 e. The number of rotatable bonds is 0. The van der Waals surface area contributed by atoms with Crippen molar-refractivity contribution in [1.82, 2.24) is 0 Å². The van der Waals surface area contributed by atoms with Crippen LogP contribution < -0.4 is 103 Å². The third-order valence-electron chi connectivity index (χ3n) is 0. The molecular weight excluding hydrogens is 205 g/mol. The topological polar surface area (TPSA) is 141 Å². The Bertz CT molecular complexity index is 64.7.